The number of carbonyl (C=O) groups excluding carboxylic acids is 1. The third kappa shape index (κ3) is 2.83. The molecular weight excluding hydrogens is 280 g/mol. The molecule has 0 spiro atoms. The molecule has 0 saturated carbocycles. The predicted octanol–water partition coefficient (Wildman–Crippen LogP) is 2.72. The zero-order chi connectivity index (χ0) is 15.5. The van der Waals surface area contributed by atoms with E-state index in [4.69, 9.17) is 5.11 Å². The molecule has 0 radical (unpaired) electrons. The Balaban J connectivity index is 1.82. The lowest BCUT2D eigenvalue weighted by molar-refractivity contribution is -0.136. The van der Waals surface area contributed by atoms with Crippen molar-refractivity contribution in [3.05, 3.63) is 65.9 Å². The van der Waals surface area contributed by atoms with E-state index < -0.39 is 5.97 Å². The molecule has 1 amide bonds. The second kappa shape index (κ2) is 5.73. The highest BCUT2D eigenvalue weighted by Gasteiger charge is 2.23. The van der Waals surface area contributed by atoms with Crippen molar-refractivity contribution in [2.75, 3.05) is 10.6 Å². The van der Waals surface area contributed by atoms with Crippen molar-refractivity contribution >= 4 is 28.8 Å². The fourth-order valence-electron chi connectivity index (χ4n) is 2.38. The van der Waals surface area contributed by atoms with Crippen LogP contribution in [-0.4, -0.2) is 17.0 Å². The van der Waals surface area contributed by atoms with Crippen LogP contribution in [0.5, 0.6) is 0 Å². The maximum atomic E-state index is 12.0. The topological polar surface area (TPSA) is 78.4 Å². The van der Waals surface area contributed by atoms with Crippen LogP contribution in [0.15, 0.2) is 54.7 Å². The van der Waals surface area contributed by atoms with Crippen LogP contribution in [0.2, 0.25) is 0 Å². The molecule has 110 valence electrons. The van der Waals surface area contributed by atoms with Gasteiger partial charge in [-0.25, -0.2) is 0 Å². The summed E-state index contributed by atoms with van der Waals surface area (Å²) in [7, 11) is 0. The van der Waals surface area contributed by atoms with Gasteiger partial charge in [-0.15, -0.1) is 0 Å². The van der Waals surface area contributed by atoms with Crippen LogP contribution in [0.1, 0.15) is 11.1 Å². The van der Waals surface area contributed by atoms with Gasteiger partial charge < -0.3 is 15.7 Å². The largest absolute Gasteiger partial charge is 0.481 e. The van der Waals surface area contributed by atoms with Crippen LogP contribution in [0.4, 0.5) is 11.4 Å². The van der Waals surface area contributed by atoms with E-state index >= 15 is 0 Å². The molecule has 5 nitrogen and oxygen atoms in total. The van der Waals surface area contributed by atoms with Gasteiger partial charge in [0.1, 0.15) is 0 Å². The van der Waals surface area contributed by atoms with Gasteiger partial charge in [0, 0.05) is 23.1 Å². The smallest absolute Gasteiger partial charge is 0.307 e. The monoisotopic (exact) mass is 294 g/mol. The van der Waals surface area contributed by atoms with Gasteiger partial charge in [0.25, 0.3) is 5.91 Å². The van der Waals surface area contributed by atoms with Gasteiger partial charge in [-0.2, -0.15) is 0 Å². The van der Waals surface area contributed by atoms with Gasteiger partial charge in [0.05, 0.1) is 12.0 Å². The van der Waals surface area contributed by atoms with Crippen molar-refractivity contribution in [1.82, 2.24) is 0 Å². The number of carboxylic acid groups (broad SMARTS) is 1. The molecule has 1 aliphatic rings. The molecule has 0 atom stereocenters. The van der Waals surface area contributed by atoms with E-state index in [9.17, 15) is 9.59 Å². The lowest BCUT2D eigenvalue weighted by Crippen LogP contribution is -2.05. The minimum atomic E-state index is -0.875. The maximum Gasteiger partial charge on any atom is 0.307 e. The molecule has 2 aromatic carbocycles. The third-order valence-electron chi connectivity index (χ3n) is 3.38. The van der Waals surface area contributed by atoms with Gasteiger partial charge in [-0.05, 0) is 23.8 Å². The van der Waals surface area contributed by atoms with E-state index in [0.29, 0.717) is 11.1 Å². The number of para-hydroxylation sites is 1. The number of benzene rings is 2. The van der Waals surface area contributed by atoms with Crippen LogP contribution in [0.25, 0.3) is 5.57 Å². The normalized spacial score (nSPS) is 14.5. The Labute approximate surface area is 127 Å². The zero-order valence-electron chi connectivity index (χ0n) is 11.7. The lowest BCUT2D eigenvalue weighted by atomic mass is 10.1. The minimum absolute atomic E-state index is 0.0323. The molecule has 22 heavy (non-hydrogen) atoms. The Bertz CT molecular complexity index is 781. The van der Waals surface area contributed by atoms with Gasteiger partial charge in [0.15, 0.2) is 0 Å². The summed E-state index contributed by atoms with van der Waals surface area (Å²) >= 11 is 0. The summed E-state index contributed by atoms with van der Waals surface area (Å²) in [4.78, 5) is 22.7. The summed E-state index contributed by atoms with van der Waals surface area (Å²) in [5.41, 5.74) is 3.64. The number of carbonyl (C=O) groups is 2. The van der Waals surface area contributed by atoms with E-state index in [1.54, 1.807) is 24.4 Å². The molecule has 0 unspecified atom stereocenters. The van der Waals surface area contributed by atoms with Crippen LogP contribution in [0.3, 0.4) is 0 Å². The molecule has 3 rings (SSSR count). The van der Waals surface area contributed by atoms with E-state index in [0.717, 1.165) is 16.9 Å². The van der Waals surface area contributed by atoms with Gasteiger partial charge >= 0.3 is 5.97 Å². The number of anilines is 2. The van der Waals surface area contributed by atoms with Crippen LogP contribution >= 0.6 is 0 Å². The Morgan fingerprint density at radius 1 is 1.18 bits per heavy atom. The molecule has 0 fully saturated rings. The van der Waals surface area contributed by atoms with Crippen molar-refractivity contribution in [3.63, 3.8) is 0 Å². The third-order valence-corrected chi connectivity index (χ3v) is 3.38. The molecule has 0 aromatic heterocycles. The van der Waals surface area contributed by atoms with E-state index in [1.165, 1.54) is 0 Å². The van der Waals surface area contributed by atoms with Crippen molar-refractivity contribution in [1.29, 1.82) is 0 Å². The second-order valence-electron chi connectivity index (χ2n) is 4.97. The average molecular weight is 294 g/mol. The summed E-state index contributed by atoms with van der Waals surface area (Å²) < 4.78 is 0. The molecule has 3 N–H and O–H groups in total. The highest BCUT2D eigenvalue weighted by atomic mass is 16.4. The van der Waals surface area contributed by atoms with Gasteiger partial charge in [0.2, 0.25) is 0 Å². The van der Waals surface area contributed by atoms with Crippen LogP contribution in [0, 0.1) is 0 Å². The average Bonchev–Trinajstić information content (AvgIpc) is 2.80. The number of rotatable bonds is 4. The summed E-state index contributed by atoms with van der Waals surface area (Å²) in [6.07, 6.45) is 1.61. The fraction of sp³-hybridized carbons (Fsp3) is 0.0588. The SMILES string of the molecule is O=C(O)Cc1cccc(N/C=C2\C(=O)Nc3ccccc32)c1. The van der Waals surface area contributed by atoms with Crippen molar-refractivity contribution in [2.45, 2.75) is 6.42 Å². The quantitative estimate of drug-likeness (QED) is 0.758. The molecule has 1 heterocycles. The number of nitrogens with one attached hydrogen (secondary N) is 2. The van der Waals surface area contributed by atoms with Crippen LogP contribution < -0.4 is 10.6 Å². The Morgan fingerprint density at radius 3 is 2.82 bits per heavy atom. The number of amides is 1. The number of carboxylic acids is 1. The Morgan fingerprint density at radius 2 is 2.00 bits per heavy atom. The van der Waals surface area contributed by atoms with E-state index in [1.807, 2.05) is 30.3 Å². The van der Waals surface area contributed by atoms with E-state index in [-0.39, 0.29) is 12.3 Å². The van der Waals surface area contributed by atoms with Crippen molar-refractivity contribution < 1.29 is 14.7 Å². The lowest BCUT2D eigenvalue weighted by Gasteiger charge is -2.04. The maximum absolute atomic E-state index is 12.0. The standard InChI is InChI=1S/C17H14N2O3/c20-16(21)9-11-4-3-5-12(8-11)18-10-14-13-6-1-2-7-15(13)19-17(14)22/h1-8,10,18H,9H2,(H,19,22)(H,20,21)/b14-10-. The highest BCUT2D eigenvalue weighted by molar-refractivity contribution is 6.31. The number of fused-ring (bicyclic) bond motifs is 1. The van der Waals surface area contributed by atoms with Gasteiger partial charge in [-0.1, -0.05) is 30.3 Å². The molecule has 0 bridgehead atoms. The minimum Gasteiger partial charge on any atom is -0.481 e. The molecule has 1 aliphatic heterocycles. The fourth-order valence-corrected chi connectivity index (χ4v) is 2.38. The first-order valence-electron chi connectivity index (χ1n) is 6.82. The summed E-state index contributed by atoms with van der Waals surface area (Å²) in [5, 5.41) is 14.7. The van der Waals surface area contributed by atoms with Gasteiger partial charge in [-0.3, -0.25) is 9.59 Å². The highest BCUT2D eigenvalue weighted by Crippen LogP contribution is 2.31. The molecule has 0 aliphatic carbocycles. The summed E-state index contributed by atoms with van der Waals surface area (Å²) in [6, 6.07) is 14.6. The first-order valence-corrected chi connectivity index (χ1v) is 6.82. The first-order chi connectivity index (χ1) is 10.6. The zero-order valence-corrected chi connectivity index (χ0v) is 11.7. The summed E-state index contributed by atoms with van der Waals surface area (Å²) in [5.74, 6) is -1.03. The molecule has 5 heteroatoms. The molecular formula is C17H14N2O3. The first kappa shape index (κ1) is 13.9. The Hall–Kier alpha value is -3.08. The predicted molar refractivity (Wildman–Crippen MR) is 84.5 cm³/mol. The number of hydrogen-bond acceptors (Lipinski definition) is 3. The number of aliphatic carboxylic acids is 1. The molecule has 0 saturated heterocycles. The summed E-state index contributed by atoms with van der Waals surface area (Å²) in [6.45, 7) is 0. The molecule has 2 aromatic rings. The number of hydrogen-bond donors (Lipinski definition) is 3. The van der Waals surface area contributed by atoms with E-state index in [2.05, 4.69) is 10.6 Å². The van der Waals surface area contributed by atoms with Crippen molar-refractivity contribution in [3.8, 4) is 0 Å². The van der Waals surface area contributed by atoms with Crippen LogP contribution in [-0.2, 0) is 16.0 Å². The second-order valence-corrected chi connectivity index (χ2v) is 4.97. The van der Waals surface area contributed by atoms with Crippen molar-refractivity contribution in [2.24, 2.45) is 0 Å². The Kier molecular flexibility index (Phi) is 3.62.